The first-order valence-corrected chi connectivity index (χ1v) is 8.15. The van der Waals surface area contributed by atoms with Crippen LogP contribution >= 0.6 is 0 Å². The lowest BCUT2D eigenvalue weighted by Crippen LogP contribution is -2.31. The number of benzene rings is 2. The summed E-state index contributed by atoms with van der Waals surface area (Å²) in [7, 11) is 0. The molecule has 0 heterocycles. The van der Waals surface area contributed by atoms with Crippen molar-refractivity contribution in [2.75, 3.05) is 13.2 Å². The van der Waals surface area contributed by atoms with E-state index in [2.05, 4.69) is 5.32 Å². The molecule has 1 N–H and O–H groups in total. The van der Waals surface area contributed by atoms with Crippen molar-refractivity contribution in [3.63, 3.8) is 0 Å². The number of esters is 1. The minimum absolute atomic E-state index is 0.154. The van der Waals surface area contributed by atoms with Crippen LogP contribution in [-0.4, -0.2) is 25.1 Å². The fraction of sp³-hybridized carbons (Fsp3) is 0.300. The van der Waals surface area contributed by atoms with Crippen molar-refractivity contribution >= 4 is 11.9 Å². The first-order chi connectivity index (χ1) is 12.0. The van der Waals surface area contributed by atoms with Crippen LogP contribution in [-0.2, 0) is 14.3 Å². The Morgan fingerprint density at radius 2 is 1.76 bits per heavy atom. The second kappa shape index (κ2) is 8.87. The average Bonchev–Trinajstić information content (AvgIpc) is 2.61. The van der Waals surface area contributed by atoms with Crippen LogP contribution in [0.15, 0.2) is 48.5 Å². The lowest BCUT2D eigenvalue weighted by Gasteiger charge is -2.14. The molecular formula is C20H23NO4. The predicted octanol–water partition coefficient (Wildman–Crippen LogP) is 3.10. The highest BCUT2D eigenvalue weighted by Gasteiger charge is 2.12. The average molecular weight is 341 g/mol. The number of ether oxygens (including phenoxy) is 2. The largest absolute Gasteiger partial charge is 0.482 e. The van der Waals surface area contributed by atoms with E-state index in [-0.39, 0.29) is 25.2 Å². The van der Waals surface area contributed by atoms with Crippen molar-refractivity contribution in [2.45, 2.75) is 26.8 Å². The maximum absolute atomic E-state index is 11.9. The van der Waals surface area contributed by atoms with Gasteiger partial charge >= 0.3 is 5.97 Å². The Bertz CT molecular complexity index is 728. The van der Waals surface area contributed by atoms with E-state index in [0.717, 1.165) is 16.7 Å². The van der Waals surface area contributed by atoms with Crippen LogP contribution in [0.25, 0.3) is 0 Å². The Hall–Kier alpha value is -2.82. The molecule has 0 spiro atoms. The number of amides is 1. The molecule has 2 aromatic rings. The van der Waals surface area contributed by atoms with Gasteiger partial charge in [-0.2, -0.15) is 0 Å². The fourth-order valence-corrected chi connectivity index (χ4v) is 2.30. The van der Waals surface area contributed by atoms with Crippen LogP contribution in [0.5, 0.6) is 5.75 Å². The lowest BCUT2D eigenvalue weighted by atomic mass is 10.1. The minimum Gasteiger partial charge on any atom is -0.482 e. The number of carbonyl (C=O) groups is 2. The summed E-state index contributed by atoms with van der Waals surface area (Å²) in [5.74, 6) is -0.293. The molecule has 0 fully saturated rings. The van der Waals surface area contributed by atoms with Crippen LogP contribution < -0.4 is 10.1 Å². The molecule has 0 unspecified atom stereocenters. The minimum atomic E-state index is -0.580. The molecule has 1 atom stereocenters. The summed E-state index contributed by atoms with van der Waals surface area (Å²) in [6, 6.07) is 15.2. The highest BCUT2D eigenvalue weighted by atomic mass is 16.6. The normalized spacial score (nSPS) is 11.5. The molecule has 132 valence electrons. The van der Waals surface area contributed by atoms with Crippen LogP contribution in [0, 0.1) is 13.8 Å². The molecule has 1 amide bonds. The van der Waals surface area contributed by atoms with Crippen LogP contribution in [0.3, 0.4) is 0 Å². The summed E-state index contributed by atoms with van der Waals surface area (Å²) in [6.07, 6.45) is 0. The van der Waals surface area contributed by atoms with Crippen molar-refractivity contribution in [2.24, 2.45) is 0 Å². The van der Waals surface area contributed by atoms with E-state index in [4.69, 9.17) is 9.47 Å². The van der Waals surface area contributed by atoms with E-state index in [0.29, 0.717) is 5.75 Å². The summed E-state index contributed by atoms with van der Waals surface area (Å²) in [5.41, 5.74) is 2.97. The topological polar surface area (TPSA) is 64.6 Å². The molecule has 0 aliphatic heterocycles. The number of rotatable bonds is 7. The third-order valence-corrected chi connectivity index (χ3v) is 3.73. The van der Waals surface area contributed by atoms with Gasteiger partial charge in [0, 0.05) is 0 Å². The first kappa shape index (κ1) is 18.5. The van der Waals surface area contributed by atoms with E-state index in [1.165, 1.54) is 0 Å². The summed E-state index contributed by atoms with van der Waals surface area (Å²) in [4.78, 5) is 23.6. The van der Waals surface area contributed by atoms with Gasteiger partial charge in [-0.25, -0.2) is 4.79 Å². The predicted molar refractivity (Wildman–Crippen MR) is 95.4 cm³/mol. The molecular weight excluding hydrogens is 318 g/mol. The molecule has 0 aliphatic rings. The van der Waals surface area contributed by atoms with Crippen molar-refractivity contribution in [1.82, 2.24) is 5.32 Å². The van der Waals surface area contributed by atoms with Gasteiger partial charge in [-0.15, -0.1) is 0 Å². The zero-order valence-electron chi connectivity index (χ0n) is 14.7. The number of aryl methyl sites for hydroxylation is 2. The lowest BCUT2D eigenvalue weighted by molar-refractivity contribution is -0.150. The molecule has 5 heteroatoms. The van der Waals surface area contributed by atoms with E-state index >= 15 is 0 Å². The monoisotopic (exact) mass is 341 g/mol. The summed E-state index contributed by atoms with van der Waals surface area (Å²) in [6.45, 7) is 5.16. The van der Waals surface area contributed by atoms with E-state index in [9.17, 15) is 9.59 Å². The van der Waals surface area contributed by atoms with Gasteiger partial charge in [0.1, 0.15) is 5.75 Å². The van der Waals surface area contributed by atoms with Gasteiger partial charge < -0.3 is 14.8 Å². The molecule has 2 aromatic carbocycles. The van der Waals surface area contributed by atoms with Gasteiger partial charge in [0.05, 0.1) is 6.04 Å². The standard InChI is InChI=1S/C20H23NO4/c1-14-9-10-15(2)18(11-14)24-13-20(23)25-12-19(22)21-16(3)17-7-5-4-6-8-17/h4-11,16H,12-13H2,1-3H3,(H,21,22)/t16-/m1/s1. The number of nitrogens with one attached hydrogen (secondary N) is 1. The van der Waals surface area contributed by atoms with Gasteiger partial charge in [-0.3, -0.25) is 4.79 Å². The van der Waals surface area contributed by atoms with E-state index in [1.807, 2.05) is 69.3 Å². The number of hydrogen-bond acceptors (Lipinski definition) is 4. The summed E-state index contributed by atoms with van der Waals surface area (Å²) in [5, 5.41) is 2.78. The molecule has 25 heavy (non-hydrogen) atoms. The Kier molecular flexibility index (Phi) is 6.57. The second-order valence-electron chi connectivity index (χ2n) is 5.92. The summed E-state index contributed by atoms with van der Waals surface area (Å²) >= 11 is 0. The molecule has 0 aliphatic carbocycles. The number of carbonyl (C=O) groups excluding carboxylic acids is 2. The Morgan fingerprint density at radius 3 is 2.48 bits per heavy atom. The van der Waals surface area contributed by atoms with Crippen molar-refractivity contribution < 1.29 is 19.1 Å². The highest BCUT2D eigenvalue weighted by molar-refractivity contribution is 5.81. The third-order valence-electron chi connectivity index (χ3n) is 3.73. The quantitative estimate of drug-likeness (QED) is 0.786. The molecule has 0 saturated heterocycles. The van der Waals surface area contributed by atoms with Gasteiger partial charge in [0.15, 0.2) is 13.2 Å². The molecule has 5 nitrogen and oxygen atoms in total. The van der Waals surface area contributed by atoms with E-state index < -0.39 is 5.97 Å². The highest BCUT2D eigenvalue weighted by Crippen LogP contribution is 2.18. The fourth-order valence-electron chi connectivity index (χ4n) is 2.30. The molecule has 0 aromatic heterocycles. The maximum atomic E-state index is 11.9. The Morgan fingerprint density at radius 1 is 1.04 bits per heavy atom. The van der Waals surface area contributed by atoms with Crippen molar-refractivity contribution in [3.05, 3.63) is 65.2 Å². The zero-order chi connectivity index (χ0) is 18.2. The smallest absolute Gasteiger partial charge is 0.344 e. The van der Waals surface area contributed by atoms with Crippen LogP contribution in [0.4, 0.5) is 0 Å². The molecule has 0 radical (unpaired) electrons. The molecule has 0 saturated carbocycles. The Balaban J connectivity index is 1.74. The van der Waals surface area contributed by atoms with Crippen molar-refractivity contribution in [3.8, 4) is 5.75 Å². The van der Waals surface area contributed by atoms with E-state index in [1.54, 1.807) is 0 Å². The zero-order valence-corrected chi connectivity index (χ0v) is 14.7. The Labute approximate surface area is 148 Å². The maximum Gasteiger partial charge on any atom is 0.344 e. The first-order valence-electron chi connectivity index (χ1n) is 8.15. The molecule has 0 bridgehead atoms. The third kappa shape index (κ3) is 5.95. The SMILES string of the molecule is Cc1ccc(C)c(OCC(=O)OCC(=O)N[C@H](C)c2ccccc2)c1. The van der Waals surface area contributed by atoms with Gasteiger partial charge in [0.2, 0.25) is 0 Å². The second-order valence-corrected chi connectivity index (χ2v) is 5.92. The van der Waals surface area contributed by atoms with Gasteiger partial charge in [0.25, 0.3) is 5.91 Å². The van der Waals surface area contributed by atoms with Gasteiger partial charge in [-0.1, -0.05) is 42.5 Å². The van der Waals surface area contributed by atoms with Crippen LogP contribution in [0.2, 0.25) is 0 Å². The van der Waals surface area contributed by atoms with Crippen LogP contribution in [0.1, 0.15) is 29.7 Å². The summed E-state index contributed by atoms with van der Waals surface area (Å²) < 4.78 is 10.4. The van der Waals surface area contributed by atoms with Crippen molar-refractivity contribution in [1.29, 1.82) is 0 Å². The molecule has 2 rings (SSSR count). The van der Waals surface area contributed by atoms with Gasteiger partial charge in [-0.05, 0) is 43.5 Å². The number of hydrogen-bond donors (Lipinski definition) is 1.